The summed E-state index contributed by atoms with van der Waals surface area (Å²) in [4.78, 5) is 2.50. The lowest BCUT2D eigenvalue weighted by Gasteiger charge is -2.26. The summed E-state index contributed by atoms with van der Waals surface area (Å²) in [6, 6.07) is 8.42. The maximum Gasteiger partial charge on any atom is 0.0540 e. The second-order valence-electron chi connectivity index (χ2n) is 4.36. The fraction of sp³-hybridized carbons (Fsp3) is 0.467. The molecule has 1 aromatic carbocycles. The van der Waals surface area contributed by atoms with E-state index in [-0.39, 0.29) is 6.61 Å². The third-order valence-electron chi connectivity index (χ3n) is 2.91. The molecule has 0 atom stereocenters. The summed E-state index contributed by atoms with van der Waals surface area (Å²) < 4.78 is 0. The lowest BCUT2D eigenvalue weighted by molar-refractivity contribution is 0.294. The Kier molecular flexibility index (Phi) is 5.60. The first-order valence-electron chi connectivity index (χ1n) is 6.37. The number of thioether (sulfide) groups is 1. The van der Waals surface area contributed by atoms with Crippen LogP contribution in [-0.4, -0.2) is 41.2 Å². The van der Waals surface area contributed by atoms with Gasteiger partial charge in [-0.3, -0.25) is 4.90 Å². The van der Waals surface area contributed by atoms with Crippen molar-refractivity contribution in [2.75, 3.05) is 31.2 Å². The molecule has 0 amide bonds. The molecule has 0 saturated carbocycles. The van der Waals surface area contributed by atoms with Crippen LogP contribution in [-0.2, 0) is 6.54 Å². The number of aliphatic hydroxyl groups is 1. The topological polar surface area (TPSA) is 23.5 Å². The molecule has 96 valence electrons. The van der Waals surface area contributed by atoms with Crippen molar-refractivity contribution in [1.29, 1.82) is 0 Å². The molecule has 3 heteroatoms. The van der Waals surface area contributed by atoms with Crippen LogP contribution in [0.25, 0.3) is 0 Å². The Morgan fingerprint density at radius 2 is 2.11 bits per heavy atom. The van der Waals surface area contributed by atoms with Crippen molar-refractivity contribution < 1.29 is 5.11 Å². The predicted octanol–water partition coefficient (Wildman–Crippen LogP) is 1.97. The maximum absolute atomic E-state index is 8.70. The summed E-state index contributed by atoms with van der Waals surface area (Å²) in [7, 11) is 0. The quantitative estimate of drug-likeness (QED) is 0.842. The average molecular weight is 261 g/mol. The standard InChI is InChI=1S/C15H19NOS/c17-9-2-1-4-14-5-3-6-15(12-14)13-16-7-10-18-11-8-16/h3,5-6,12,17H,2,7-11,13H2. The Hall–Kier alpha value is -0.950. The minimum absolute atomic E-state index is 0.137. The van der Waals surface area contributed by atoms with E-state index in [2.05, 4.69) is 34.9 Å². The number of aliphatic hydroxyl groups excluding tert-OH is 1. The fourth-order valence-electron chi connectivity index (χ4n) is 1.99. The summed E-state index contributed by atoms with van der Waals surface area (Å²) in [5.41, 5.74) is 2.38. The Balaban J connectivity index is 1.96. The van der Waals surface area contributed by atoms with Gasteiger partial charge in [0.15, 0.2) is 0 Å². The molecule has 2 nitrogen and oxygen atoms in total. The molecule has 0 radical (unpaired) electrons. The molecule has 1 aromatic rings. The maximum atomic E-state index is 8.70. The largest absolute Gasteiger partial charge is 0.395 e. The van der Waals surface area contributed by atoms with Crippen molar-refractivity contribution in [2.45, 2.75) is 13.0 Å². The molecule has 0 aromatic heterocycles. The van der Waals surface area contributed by atoms with E-state index in [0.29, 0.717) is 6.42 Å². The number of nitrogens with zero attached hydrogens (tertiary/aromatic N) is 1. The summed E-state index contributed by atoms with van der Waals surface area (Å²) in [5, 5.41) is 8.70. The molecule has 0 aliphatic carbocycles. The molecule has 0 bridgehead atoms. The zero-order chi connectivity index (χ0) is 12.6. The first-order chi connectivity index (χ1) is 8.88. The van der Waals surface area contributed by atoms with Gasteiger partial charge in [0.1, 0.15) is 0 Å². The average Bonchev–Trinajstić information content (AvgIpc) is 2.41. The molecule has 1 N–H and O–H groups in total. The minimum atomic E-state index is 0.137. The van der Waals surface area contributed by atoms with Crippen molar-refractivity contribution in [2.24, 2.45) is 0 Å². The predicted molar refractivity (Wildman–Crippen MR) is 77.6 cm³/mol. The zero-order valence-electron chi connectivity index (χ0n) is 10.6. The molecule has 1 saturated heterocycles. The molecule has 1 aliphatic heterocycles. The van der Waals surface area contributed by atoms with Crippen LogP contribution in [0.1, 0.15) is 17.5 Å². The highest BCUT2D eigenvalue weighted by Crippen LogP contribution is 2.13. The molecular weight excluding hydrogens is 242 g/mol. The van der Waals surface area contributed by atoms with Crippen LogP contribution in [0.15, 0.2) is 24.3 Å². The van der Waals surface area contributed by atoms with Crippen molar-refractivity contribution in [3.63, 3.8) is 0 Å². The van der Waals surface area contributed by atoms with Gasteiger partial charge in [-0.2, -0.15) is 11.8 Å². The van der Waals surface area contributed by atoms with Crippen LogP contribution in [0, 0.1) is 11.8 Å². The monoisotopic (exact) mass is 261 g/mol. The number of hydrogen-bond acceptors (Lipinski definition) is 3. The molecule has 18 heavy (non-hydrogen) atoms. The second-order valence-corrected chi connectivity index (χ2v) is 5.59. The van der Waals surface area contributed by atoms with Gasteiger partial charge in [0.05, 0.1) is 6.61 Å². The summed E-state index contributed by atoms with van der Waals surface area (Å²) >= 11 is 2.04. The highest BCUT2D eigenvalue weighted by atomic mass is 32.2. The van der Waals surface area contributed by atoms with E-state index in [1.54, 1.807) is 0 Å². The van der Waals surface area contributed by atoms with E-state index in [4.69, 9.17) is 5.11 Å². The van der Waals surface area contributed by atoms with Gasteiger partial charge in [0.25, 0.3) is 0 Å². The van der Waals surface area contributed by atoms with Gasteiger partial charge in [0.2, 0.25) is 0 Å². The normalized spacial score (nSPS) is 16.1. The van der Waals surface area contributed by atoms with Gasteiger partial charge in [-0.15, -0.1) is 0 Å². The van der Waals surface area contributed by atoms with Gasteiger partial charge in [-0.05, 0) is 17.7 Å². The molecule has 0 spiro atoms. The molecule has 0 unspecified atom stereocenters. The fourth-order valence-corrected chi connectivity index (χ4v) is 2.96. The molecular formula is C15H19NOS. The van der Waals surface area contributed by atoms with Crippen LogP contribution < -0.4 is 0 Å². The Bertz CT molecular complexity index is 430. The van der Waals surface area contributed by atoms with Gasteiger partial charge >= 0.3 is 0 Å². The lowest BCUT2D eigenvalue weighted by atomic mass is 10.1. The van der Waals surface area contributed by atoms with Crippen LogP contribution in [0.2, 0.25) is 0 Å². The van der Waals surface area contributed by atoms with E-state index in [9.17, 15) is 0 Å². The van der Waals surface area contributed by atoms with Gasteiger partial charge in [0, 0.05) is 43.1 Å². The SMILES string of the molecule is OCCC#Cc1cccc(CN2CCSCC2)c1. The van der Waals surface area contributed by atoms with E-state index in [1.165, 1.54) is 30.2 Å². The van der Waals surface area contributed by atoms with Crippen LogP contribution in [0.4, 0.5) is 0 Å². The third kappa shape index (κ3) is 4.38. The highest BCUT2D eigenvalue weighted by molar-refractivity contribution is 7.99. The van der Waals surface area contributed by atoms with Crippen molar-refractivity contribution in [1.82, 2.24) is 4.90 Å². The van der Waals surface area contributed by atoms with Crippen LogP contribution in [0.3, 0.4) is 0 Å². The van der Waals surface area contributed by atoms with Gasteiger partial charge < -0.3 is 5.11 Å². The van der Waals surface area contributed by atoms with Crippen molar-refractivity contribution in [3.8, 4) is 11.8 Å². The third-order valence-corrected chi connectivity index (χ3v) is 3.85. The summed E-state index contributed by atoms with van der Waals surface area (Å²) in [5.74, 6) is 8.55. The minimum Gasteiger partial charge on any atom is -0.395 e. The highest BCUT2D eigenvalue weighted by Gasteiger charge is 2.10. The molecule has 1 fully saturated rings. The molecule has 1 heterocycles. The van der Waals surface area contributed by atoms with E-state index in [0.717, 1.165) is 12.1 Å². The Morgan fingerprint density at radius 3 is 2.89 bits per heavy atom. The van der Waals surface area contributed by atoms with Crippen LogP contribution >= 0.6 is 11.8 Å². The van der Waals surface area contributed by atoms with E-state index < -0.39 is 0 Å². The van der Waals surface area contributed by atoms with Crippen molar-refractivity contribution in [3.05, 3.63) is 35.4 Å². The van der Waals surface area contributed by atoms with Gasteiger partial charge in [-0.1, -0.05) is 24.0 Å². The summed E-state index contributed by atoms with van der Waals surface area (Å²) in [6.07, 6.45) is 0.549. The first kappa shape index (κ1) is 13.5. The van der Waals surface area contributed by atoms with Gasteiger partial charge in [-0.25, -0.2) is 0 Å². The second kappa shape index (κ2) is 7.48. The van der Waals surface area contributed by atoms with E-state index >= 15 is 0 Å². The number of rotatable bonds is 3. The smallest absolute Gasteiger partial charge is 0.0540 e. The number of benzene rings is 1. The lowest BCUT2D eigenvalue weighted by Crippen LogP contribution is -2.31. The van der Waals surface area contributed by atoms with E-state index in [1.807, 2.05) is 17.8 Å². The molecule has 2 rings (SSSR count). The Labute approximate surface area is 113 Å². The van der Waals surface area contributed by atoms with Crippen molar-refractivity contribution >= 4 is 11.8 Å². The number of hydrogen-bond donors (Lipinski definition) is 1. The summed E-state index contributed by atoms with van der Waals surface area (Å²) in [6.45, 7) is 3.53. The zero-order valence-corrected chi connectivity index (χ0v) is 11.4. The molecule has 1 aliphatic rings. The Morgan fingerprint density at radius 1 is 1.28 bits per heavy atom. The van der Waals surface area contributed by atoms with Crippen LogP contribution in [0.5, 0.6) is 0 Å². The first-order valence-corrected chi connectivity index (χ1v) is 7.53.